The third-order valence-corrected chi connectivity index (χ3v) is 4.64. The van der Waals surface area contributed by atoms with Gasteiger partial charge in [0.25, 0.3) is 0 Å². The Hall–Kier alpha value is -0.900. The van der Waals surface area contributed by atoms with E-state index in [0.717, 1.165) is 19.6 Å². The minimum Gasteiger partial charge on any atom is -0.379 e. The molecule has 1 unspecified atom stereocenters. The fraction of sp³-hybridized carbons (Fsp3) is 0.529. The molecule has 20 heavy (non-hydrogen) atoms. The summed E-state index contributed by atoms with van der Waals surface area (Å²) >= 11 is 1.89. The molecule has 2 rings (SSSR count). The lowest BCUT2D eigenvalue weighted by molar-refractivity contribution is 0.0759. The summed E-state index contributed by atoms with van der Waals surface area (Å²) < 4.78 is 6.92. The van der Waals surface area contributed by atoms with Gasteiger partial charge in [-0.15, -0.1) is 11.3 Å². The van der Waals surface area contributed by atoms with E-state index in [1.165, 1.54) is 21.4 Å². The van der Waals surface area contributed by atoms with Gasteiger partial charge in [-0.3, -0.25) is 0 Å². The number of rotatable bonds is 8. The van der Waals surface area contributed by atoms with Crippen molar-refractivity contribution in [2.24, 2.45) is 0 Å². The predicted octanol–water partition coefficient (Wildman–Crippen LogP) is 4.76. The molecule has 2 nitrogen and oxygen atoms in total. The Morgan fingerprint density at radius 1 is 1.15 bits per heavy atom. The highest BCUT2D eigenvalue weighted by atomic mass is 32.1. The van der Waals surface area contributed by atoms with Crippen LogP contribution in [0.2, 0.25) is 0 Å². The standard InChI is InChI=1S/C17H25NOS/c1-13(2)19-11-7-6-10-18-14(3)17-12-15-8-4-5-9-16(15)20-17/h4-5,8-9,12-14,18H,6-7,10-11H2,1-3H3. The van der Waals surface area contributed by atoms with Gasteiger partial charge in [0, 0.05) is 22.2 Å². The van der Waals surface area contributed by atoms with Gasteiger partial charge in [-0.2, -0.15) is 0 Å². The largest absolute Gasteiger partial charge is 0.379 e. The van der Waals surface area contributed by atoms with Crippen molar-refractivity contribution in [1.29, 1.82) is 0 Å². The van der Waals surface area contributed by atoms with E-state index < -0.39 is 0 Å². The molecule has 0 spiro atoms. The first kappa shape index (κ1) is 15.5. The van der Waals surface area contributed by atoms with Crippen molar-refractivity contribution in [3.63, 3.8) is 0 Å². The van der Waals surface area contributed by atoms with E-state index in [0.29, 0.717) is 12.1 Å². The predicted molar refractivity (Wildman–Crippen MR) is 88.6 cm³/mol. The van der Waals surface area contributed by atoms with E-state index in [-0.39, 0.29) is 0 Å². The minimum absolute atomic E-state index is 0.348. The second kappa shape index (κ2) is 7.77. The molecule has 1 aromatic heterocycles. The van der Waals surface area contributed by atoms with Crippen LogP contribution in [-0.2, 0) is 4.74 Å². The molecule has 110 valence electrons. The van der Waals surface area contributed by atoms with Crippen LogP contribution in [0.25, 0.3) is 10.1 Å². The van der Waals surface area contributed by atoms with Crippen LogP contribution in [0.15, 0.2) is 30.3 Å². The van der Waals surface area contributed by atoms with E-state index >= 15 is 0 Å². The molecule has 3 heteroatoms. The van der Waals surface area contributed by atoms with E-state index in [1.807, 2.05) is 11.3 Å². The zero-order valence-electron chi connectivity index (χ0n) is 12.7. The van der Waals surface area contributed by atoms with Gasteiger partial charge in [0.05, 0.1) is 6.10 Å². The molecule has 0 fully saturated rings. The topological polar surface area (TPSA) is 21.3 Å². The molecule has 0 saturated heterocycles. The first-order chi connectivity index (χ1) is 9.66. The van der Waals surface area contributed by atoms with Crippen molar-refractivity contribution in [3.8, 4) is 0 Å². The van der Waals surface area contributed by atoms with Crippen molar-refractivity contribution >= 4 is 21.4 Å². The molecule has 1 atom stereocenters. The normalized spacial score (nSPS) is 13.2. The molecule has 0 aliphatic carbocycles. The van der Waals surface area contributed by atoms with E-state index in [1.54, 1.807) is 0 Å². The number of fused-ring (bicyclic) bond motifs is 1. The van der Waals surface area contributed by atoms with Gasteiger partial charge in [-0.1, -0.05) is 18.2 Å². The van der Waals surface area contributed by atoms with Gasteiger partial charge >= 0.3 is 0 Å². The third kappa shape index (κ3) is 4.58. The van der Waals surface area contributed by atoms with Gasteiger partial charge in [-0.25, -0.2) is 0 Å². The first-order valence-corrected chi connectivity index (χ1v) is 8.32. The third-order valence-electron chi connectivity index (χ3n) is 3.34. The molecule has 1 N–H and O–H groups in total. The van der Waals surface area contributed by atoms with Crippen LogP contribution in [-0.4, -0.2) is 19.3 Å². The SMILES string of the molecule is CC(C)OCCCCNC(C)c1cc2ccccc2s1. The second-order valence-corrected chi connectivity index (χ2v) is 6.60. The van der Waals surface area contributed by atoms with Gasteiger partial charge in [0.1, 0.15) is 0 Å². The molecule has 1 aromatic carbocycles. The monoisotopic (exact) mass is 291 g/mol. The summed E-state index contributed by atoms with van der Waals surface area (Å²) in [7, 11) is 0. The highest BCUT2D eigenvalue weighted by Gasteiger charge is 2.08. The smallest absolute Gasteiger partial charge is 0.0518 e. The molecular formula is C17H25NOS. The Morgan fingerprint density at radius 3 is 2.70 bits per heavy atom. The number of nitrogens with one attached hydrogen (secondary N) is 1. The van der Waals surface area contributed by atoms with E-state index in [4.69, 9.17) is 4.74 Å². The van der Waals surface area contributed by atoms with Crippen molar-refractivity contribution in [3.05, 3.63) is 35.2 Å². The maximum atomic E-state index is 5.55. The fourth-order valence-corrected chi connectivity index (χ4v) is 3.27. The molecule has 2 aromatic rings. The van der Waals surface area contributed by atoms with Crippen LogP contribution < -0.4 is 5.32 Å². The van der Waals surface area contributed by atoms with E-state index in [9.17, 15) is 0 Å². The summed E-state index contributed by atoms with van der Waals surface area (Å²) in [5, 5.41) is 4.96. The summed E-state index contributed by atoms with van der Waals surface area (Å²) in [6, 6.07) is 11.3. The molecule has 0 amide bonds. The molecule has 1 heterocycles. The molecule has 0 bridgehead atoms. The summed E-state index contributed by atoms with van der Waals surface area (Å²) in [6.07, 6.45) is 2.65. The van der Waals surface area contributed by atoms with Gasteiger partial charge < -0.3 is 10.1 Å². The van der Waals surface area contributed by atoms with Crippen LogP contribution in [0.4, 0.5) is 0 Å². The lowest BCUT2D eigenvalue weighted by atomic mass is 10.2. The van der Waals surface area contributed by atoms with Crippen LogP contribution >= 0.6 is 11.3 Å². The summed E-state index contributed by atoms with van der Waals surface area (Å²) in [5.41, 5.74) is 0. The Labute approximate surface area is 126 Å². The Kier molecular flexibility index (Phi) is 6.02. The maximum Gasteiger partial charge on any atom is 0.0518 e. The summed E-state index contributed by atoms with van der Waals surface area (Å²) in [4.78, 5) is 1.42. The molecule has 0 aliphatic rings. The number of benzene rings is 1. The molecule has 0 radical (unpaired) electrons. The number of unbranched alkanes of at least 4 members (excludes halogenated alkanes) is 1. The molecule has 0 aliphatic heterocycles. The highest BCUT2D eigenvalue weighted by molar-refractivity contribution is 7.19. The van der Waals surface area contributed by atoms with Crippen molar-refractivity contribution < 1.29 is 4.74 Å². The van der Waals surface area contributed by atoms with Crippen LogP contribution in [0.5, 0.6) is 0 Å². The quantitative estimate of drug-likeness (QED) is 0.708. The number of thiophene rings is 1. The lowest BCUT2D eigenvalue weighted by Crippen LogP contribution is -2.19. The lowest BCUT2D eigenvalue weighted by Gasteiger charge is -2.12. The number of ether oxygens (including phenoxy) is 1. The summed E-state index contributed by atoms with van der Waals surface area (Å²) in [5.74, 6) is 0. The maximum absolute atomic E-state index is 5.55. The fourth-order valence-electron chi connectivity index (χ4n) is 2.18. The Balaban J connectivity index is 1.73. The average molecular weight is 291 g/mol. The van der Waals surface area contributed by atoms with Gasteiger partial charge in [0.2, 0.25) is 0 Å². The van der Waals surface area contributed by atoms with Gasteiger partial charge in [-0.05, 0) is 57.7 Å². The van der Waals surface area contributed by atoms with Gasteiger partial charge in [0.15, 0.2) is 0 Å². The van der Waals surface area contributed by atoms with Crippen LogP contribution in [0.3, 0.4) is 0 Å². The van der Waals surface area contributed by atoms with Crippen LogP contribution in [0, 0.1) is 0 Å². The Morgan fingerprint density at radius 2 is 1.95 bits per heavy atom. The summed E-state index contributed by atoms with van der Waals surface area (Å²) in [6.45, 7) is 8.34. The first-order valence-electron chi connectivity index (χ1n) is 7.50. The minimum atomic E-state index is 0.348. The number of hydrogen-bond acceptors (Lipinski definition) is 3. The van der Waals surface area contributed by atoms with E-state index in [2.05, 4.69) is 56.4 Å². The highest BCUT2D eigenvalue weighted by Crippen LogP contribution is 2.29. The average Bonchev–Trinajstić information content (AvgIpc) is 2.86. The van der Waals surface area contributed by atoms with Crippen molar-refractivity contribution in [2.45, 2.75) is 45.8 Å². The zero-order valence-corrected chi connectivity index (χ0v) is 13.5. The van der Waals surface area contributed by atoms with Crippen molar-refractivity contribution in [2.75, 3.05) is 13.2 Å². The Bertz CT molecular complexity index is 487. The zero-order chi connectivity index (χ0) is 14.4. The van der Waals surface area contributed by atoms with Crippen LogP contribution in [0.1, 0.15) is 44.5 Å². The second-order valence-electron chi connectivity index (χ2n) is 5.49. The number of hydrogen-bond donors (Lipinski definition) is 1. The van der Waals surface area contributed by atoms with Crippen molar-refractivity contribution in [1.82, 2.24) is 5.32 Å². The molecule has 0 saturated carbocycles. The molecular weight excluding hydrogens is 266 g/mol.